The van der Waals surface area contributed by atoms with Crippen molar-refractivity contribution in [3.63, 3.8) is 0 Å². The van der Waals surface area contributed by atoms with Crippen LogP contribution >= 0.6 is 11.3 Å². The molecule has 3 aromatic rings. The van der Waals surface area contributed by atoms with E-state index in [0.29, 0.717) is 18.8 Å². The van der Waals surface area contributed by atoms with Crippen LogP contribution in [-0.4, -0.2) is 30.1 Å². The average molecular weight is 459 g/mol. The summed E-state index contributed by atoms with van der Waals surface area (Å²) < 4.78 is 31.4. The van der Waals surface area contributed by atoms with Gasteiger partial charge in [-0.15, -0.1) is 11.3 Å². The maximum Gasteiger partial charge on any atom is 0.344 e. The molecule has 2 aromatic carbocycles. The van der Waals surface area contributed by atoms with Gasteiger partial charge in [0, 0.05) is 11.9 Å². The van der Waals surface area contributed by atoms with Gasteiger partial charge in [-0.3, -0.25) is 4.79 Å². The molecule has 0 saturated carbocycles. The van der Waals surface area contributed by atoms with E-state index in [-0.39, 0.29) is 17.4 Å². The number of sulfone groups is 1. The Kier molecular flexibility index (Phi) is 7.46. The van der Waals surface area contributed by atoms with E-state index in [1.807, 2.05) is 50.4 Å². The molecule has 164 valence electrons. The monoisotopic (exact) mass is 458 g/mol. The third-order valence-electron chi connectivity index (χ3n) is 4.46. The minimum Gasteiger partial charge on any atom is -0.486 e. The molecular formula is C23H26N2O4S2. The Morgan fingerprint density at radius 2 is 1.77 bits per heavy atom. The van der Waals surface area contributed by atoms with Gasteiger partial charge in [-0.2, -0.15) is 0 Å². The van der Waals surface area contributed by atoms with E-state index in [9.17, 15) is 13.2 Å². The Balaban J connectivity index is 1.71. The van der Waals surface area contributed by atoms with Crippen molar-refractivity contribution in [1.29, 1.82) is 0 Å². The zero-order valence-corrected chi connectivity index (χ0v) is 19.4. The zero-order chi connectivity index (χ0) is 22.4. The van der Waals surface area contributed by atoms with Crippen LogP contribution in [0.2, 0.25) is 0 Å². The first-order valence-corrected chi connectivity index (χ1v) is 12.3. The van der Waals surface area contributed by atoms with Crippen LogP contribution < -0.4 is 4.74 Å². The van der Waals surface area contributed by atoms with Crippen LogP contribution in [-0.2, 0) is 23.0 Å². The molecule has 0 aliphatic carbocycles. The molecule has 0 radical (unpaired) electrons. The van der Waals surface area contributed by atoms with Gasteiger partial charge in [0.15, 0.2) is 0 Å². The number of carbonyl (C=O) groups is 1. The van der Waals surface area contributed by atoms with Crippen molar-refractivity contribution in [2.45, 2.75) is 38.8 Å². The number of hydrogen-bond acceptors (Lipinski definition) is 6. The molecule has 0 atom stereocenters. The second-order valence-electron chi connectivity index (χ2n) is 7.69. The molecule has 0 aliphatic rings. The standard InChI is InChI=1S/C23H26N2O4S2/c1-17(2)13-25(23(26)31(27,28)21-7-5-4-6-8-21)14-19-16-30-22(24-19)15-29-20-11-9-18(3)10-12-20/h4-12,16-17H,13-15H2,1-3H3. The first-order chi connectivity index (χ1) is 14.8. The summed E-state index contributed by atoms with van der Waals surface area (Å²) in [4.78, 5) is 18.8. The van der Waals surface area contributed by atoms with Crippen LogP contribution in [0, 0.1) is 12.8 Å². The third-order valence-corrected chi connectivity index (χ3v) is 6.94. The topological polar surface area (TPSA) is 76.6 Å². The summed E-state index contributed by atoms with van der Waals surface area (Å²) in [6, 6.07) is 15.6. The third kappa shape index (κ3) is 6.15. The predicted molar refractivity (Wildman–Crippen MR) is 122 cm³/mol. The van der Waals surface area contributed by atoms with E-state index >= 15 is 0 Å². The van der Waals surface area contributed by atoms with Gasteiger partial charge in [-0.25, -0.2) is 13.4 Å². The number of amides is 1. The number of aryl methyl sites for hydroxylation is 1. The molecule has 31 heavy (non-hydrogen) atoms. The predicted octanol–water partition coefficient (Wildman–Crippen LogP) is 5.08. The van der Waals surface area contributed by atoms with Gasteiger partial charge in [-0.1, -0.05) is 49.7 Å². The highest BCUT2D eigenvalue weighted by Crippen LogP contribution is 2.20. The lowest BCUT2D eigenvalue weighted by Gasteiger charge is -2.23. The maximum absolute atomic E-state index is 12.9. The molecule has 8 heteroatoms. The fourth-order valence-electron chi connectivity index (χ4n) is 2.98. The first-order valence-electron chi connectivity index (χ1n) is 9.97. The number of ether oxygens (including phenoxy) is 1. The average Bonchev–Trinajstić information content (AvgIpc) is 3.20. The second kappa shape index (κ2) is 10.1. The molecule has 0 bridgehead atoms. The molecule has 0 N–H and O–H groups in total. The molecule has 1 aromatic heterocycles. The van der Waals surface area contributed by atoms with E-state index in [1.165, 1.54) is 28.4 Å². The first kappa shape index (κ1) is 23.0. The van der Waals surface area contributed by atoms with Crippen LogP contribution in [0.3, 0.4) is 0 Å². The van der Waals surface area contributed by atoms with E-state index in [1.54, 1.807) is 18.2 Å². The summed E-state index contributed by atoms with van der Waals surface area (Å²) in [5.74, 6) is 0.866. The number of thiazole rings is 1. The Bertz CT molecular complexity index is 1110. The summed E-state index contributed by atoms with van der Waals surface area (Å²) in [6.07, 6.45) is 0. The number of benzene rings is 2. The Labute approximate surface area is 187 Å². The van der Waals surface area contributed by atoms with Crippen molar-refractivity contribution in [2.75, 3.05) is 6.54 Å². The second-order valence-corrected chi connectivity index (χ2v) is 10.5. The van der Waals surface area contributed by atoms with E-state index in [0.717, 1.165) is 16.3 Å². The number of rotatable bonds is 8. The van der Waals surface area contributed by atoms with E-state index < -0.39 is 15.1 Å². The van der Waals surface area contributed by atoms with Crippen molar-refractivity contribution in [3.05, 3.63) is 76.2 Å². The smallest absolute Gasteiger partial charge is 0.344 e. The molecule has 1 amide bonds. The van der Waals surface area contributed by atoms with Gasteiger partial charge in [-0.05, 0) is 37.1 Å². The lowest BCUT2D eigenvalue weighted by Crippen LogP contribution is -2.37. The Hall–Kier alpha value is -2.71. The zero-order valence-electron chi connectivity index (χ0n) is 17.8. The fraction of sp³-hybridized carbons (Fsp3) is 0.304. The molecule has 0 fully saturated rings. The Morgan fingerprint density at radius 3 is 2.42 bits per heavy atom. The van der Waals surface area contributed by atoms with Gasteiger partial charge >= 0.3 is 5.24 Å². The molecule has 6 nitrogen and oxygen atoms in total. The minimum atomic E-state index is -4.11. The van der Waals surface area contributed by atoms with Gasteiger partial charge in [0.25, 0.3) is 9.84 Å². The quantitative estimate of drug-likeness (QED) is 0.470. The lowest BCUT2D eigenvalue weighted by molar-refractivity contribution is 0.209. The number of aromatic nitrogens is 1. The molecular weight excluding hydrogens is 432 g/mol. The SMILES string of the molecule is Cc1ccc(OCc2nc(CN(CC(C)C)C(=O)S(=O)(=O)c3ccccc3)cs2)cc1. The lowest BCUT2D eigenvalue weighted by atomic mass is 10.2. The number of carbonyl (C=O) groups excluding carboxylic acids is 1. The fourth-order valence-corrected chi connectivity index (χ4v) is 4.87. The molecule has 0 saturated heterocycles. The Morgan fingerprint density at radius 1 is 1.10 bits per heavy atom. The van der Waals surface area contributed by atoms with Gasteiger partial charge < -0.3 is 9.64 Å². The van der Waals surface area contributed by atoms with Crippen LogP contribution in [0.4, 0.5) is 4.79 Å². The van der Waals surface area contributed by atoms with E-state index in [2.05, 4.69) is 4.98 Å². The number of nitrogens with zero attached hydrogens (tertiary/aromatic N) is 2. The highest BCUT2D eigenvalue weighted by atomic mass is 32.2. The van der Waals surface area contributed by atoms with Crippen LogP contribution in [0.25, 0.3) is 0 Å². The minimum absolute atomic E-state index is 0.000721. The summed E-state index contributed by atoms with van der Waals surface area (Å²) in [5, 5.41) is 1.69. The summed E-state index contributed by atoms with van der Waals surface area (Å²) in [7, 11) is -4.11. The summed E-state index contributed by atoms with van der Waals surface area (Å²) in [5.41, 5.74) is 1.80. The summed E-state index contributed by atoms with van der Waals surface area (Å²) in [6.45, 7) is 6.66. The molecule has 3 rings (SSSR count). The van der Waals surface area contributed by atoms with Crippen LogP contribution in [0.5, 0.6) is 5.75 Å². The van der Waals surface area contributed by atoms with E-state index in [4.69, 9.17) is 4.74 Å². The van der Waals surface area contributed by atoms with Gasteiger partial charge in [0.05, 0.1) is 17.1 Å². The molecule has 0 aliphatic heterocycles. The highest BCUT2D eigenvalue weighted by molar-refractivity contribution is 8.06. The maximum atomic E-state index is 12.9. The van der Waals surface area contributed by atoms with Crippen molar-refractivity contribution in [1.82, 2.24) is 9.88 Å². The van der Waals surface area contributed by atoms with Crippen LogP contribution in [0.15, 0.2) is 64.9 Å². The summed E-state index contributed by atoms with van der Waals surface area (Å²) >= 11 is 1.42. The molecule has 0 unspecified atom stereocenters. The van der Waals surface area contributed by atoms with Gasteiger partial charge in [0.2, 0.25) is 0 Å². The van der Waals surface area contributed by atoms with Crippen molar-refractivity contribution in [3.8, 4) is 5.75 Å². The number of hydrogen-bond donors (Lipinski definition) is 0. The normalized spacial score (nSPS) is 11.5. The van der Waals surface area contributed by atoms with Crippen molar-refractivity contribution < 1.29 is 17.9 Å². The van der Waals surface area contributed by atoms with Crippen molar-refractivity contribution in [2.24, 2.45) is 5.92 Å². The molecule has 0 spiro atoms. The highest BCUT2D eigenvalue weighted by Gasteiger charge is 2.31. The molecule has 1 heterocycles. The largest absolute Gasteiger partial charge is 0.486 e. The van der Waals surface area contributed by atoms with Crippen LogP contribution in [0.1, 0.15) is 30.1 Å². The van der Waals surface area contributed by atoms with Gasteiger partial charge in [0.1, 0.15) is 17.4 Å². The van der Waals surface area contributed by atoms with Crippen molar-refractivity contribution >= 4 is 26.4 Å².